The molecule has 0 bridgehead atoms. The molecule has 0 aliphatic rings. The van der Waals surface area contributed by atoms with E-state index in [2.05, 4.69) is 39.0 Å². The molecule has 1 rings (SSSR count). The Morgan fingerprint density at radius 2 is 0.857 bits per heavy atom. The van der Waals surface area contributed by atoms with E-state index in [1.165, 1.54) is 16.7 Å². The van der Waals surface area contributed by atoms with Crippen LogP contribution in [0.2, 0.25) is 0 Å². The molecule has 0 spiro atoms. The number of benzene rings is 1. The molecule has 0 nitrogen and oxygen atoms in total. The van der Waals surface area contributed by atoms with Crippen LogP contribution in [0.3, 0.4) is 0 Å². The molecule has 1 aromatic rings. The number of hydrogen-bond donors (Lipinski definition) is 0. The molecule has 0 aliphatic heterocycles. The standard InChI is InChI=1S/C9H12.2BrH.ClH.Li.Mg/c1-7-4-8(2)6-9(3)5-7;;;;;/h4-6H,1-3H3;3*1H;;/q;;;;+1;+2/p-3. The molecule has 0 fully saturated rings. The van der Waals surface area contributed by atoms with Crippen LogP contribution in [0.25, 0.3) is 0 Å². The molecule has 0 unspecified atom stereocenters. The van der Waals surface area contributed by atoms with Gasteiger partial charge >= 0.3 is 41.9 Å². The van der Waals surface area contributed by atoms with Gasteiger partial charge in [0.1, 0.15) is 0 Å². The summed E-state index contributed by atoms with van der Waals surface area (Å²) in [5.74, 6) is 0. The van der Waals surface area contributed by atoms with Crippen molar-refractivity contribution in [1.29, 1.82) is 0 Å². The Morgan fingerprint density at radius 3 is 1.00 bits per heavy atom. The predicted octanol–water partition coefficient (Wildman–Crippen LogP) is -9.75. The fourth-order valence-corrected chi connectivity index (χ4v) is 1.20. The molecule has 0 atom stereocenters. The first kappa shape index (κ1) is 29.7. The zero-order valence-electron chi connectivity index (χ0n) is 9.07. The van der Waals surface area contributed by atoms with E-state index in [1.54, 1.807) is 0 Å². The Labute approximate surface area is 142 Å². The van der Waals surface area contributed by atoms with Crippen LogP contribution in [-0.2, 0) is 0 Å². The van der Waals surface area contributed by atoms with Gasteiger partial charge in [-0.3, -0.25) is 0 Å². The molecule has 0 aliphatic carbocycles. The van der Waals surface area contributed by atoms with E-state index >= 15 is 0 Å². The van der Waals surface area contributed by atoms with Gasteiger partial charge in [-0.05, 0) is 20.8 Å². The van der Waals surface area contributed by atoms with Gasteiger partial charge in [-0.1, -0.05) is 34.9 Å². The number of rotatable bonds is 0. The molecule has 0 saturated carbocycles. The summed E-state index contributed by atoms with van der Waals surface area (Å²) in [6.45, 7) is 6.38. The minimum atomic E-state index is 0. The van der Waals surface area contributed by atoms with Crippen LogP contribution in [0.4, 0.5) is 0 Å². The third kappa shape index (κ3) is 11.9. The van der Waals surface area contributed by atoms with Gasteiger partial charge in [0.25, 0.3) is 0 Å². The van der Waals surface area contributed by atoms with Crippen molar-refractivity contribution in [2.75, 3.05) is 0 Å². The van der Waals surface area contributed by atoms with E-state index < -0.39 is 0 Å². The third-order valence-electron chi connectivity index (χ3n) is 1.37. The molecular weight excluding hydrogens is 335 g/mol. The van der Waals surface area contributed by atoms with Crippen molar-refractivity contribution in [3.63, 3.8) is 0 Å². The monoisotopic (exact) mass is 344 g/mol. The molecule has 0 amide bonds. The Hall–Kier alpha value is 1.83. The van der Waals surface area contributed by atoms with Crippen molar-refractivity contribution in [3.8, 4) is 0 Å². The first-order chi connectivity index (χ1) is 4.18. The smallest absolute Gasteiger partial charge is 1.00 e. The van der Waals surface area contributed by atoms with Crippen molar-refractivity contribution in [1.82, 2.24) is 0 Å². The number of aryl methyl sites for hydroxylation is 3. The first-order valence-corrected chi connectivity index (χ1v) is 3.23. The molecule has 0 saturated heterocycles. The maximum absolute atomic E-state index is 2.19. The van der Waals surface area contributed by atoms with Crippen LogP contribution in [-0.4, -0.2) is 23.1 Å². The van der Waals surface area contributed by atoms with Crippen LogP contribution in [0, 0.1) is 20.8 Å². The van der Waals surface area contributed by atoms with Crippen molar-refractivity contribution in [3.05, 3.63) is 34.9 Å². The molecule has 0 N–H and O–H groups in total. The van der Waals surface area contributed by atoms with Crippen molar-refractivity contribution < 1.29 is 65.2 Å². The Kier molecular flexibility index (Phi) is 31.5. The van der Waals surface area contributed by atoms with Gasteiger partial charge in [0, 0.05) is 0 Å². The van der Waals surface area contributed by atoms with E-state index in [4.69, 9.17) is 0 Å². The van der Waals surface area contributed by atoms with Gasteiger partial charge in [0.15, 0.2) is 0 Å². The zero-order chi connectivity index (χ0) is 6.85. The average molecular weight is 347 g/mol. The summed E-state index contributed by atoms with van der Waals surface area (Å²) in [5.41, 5.74) is 4.06. The maximum Gasteiger partial charge on any atom is 2.00 e. The molecule has 0 heterocycles. The molecule has 0 radical (unpaired) electrons. The summed E-state index contributed by atoms with van der Waals surface area (Å²) in [5, 5.41) is 0. The van der Waals surface area contributed by atoms with Crippen molar-refractivity contribution >= 4 is 23.1 Å². The number of halogens is 3. The minimum Gasteiger partial charge on any atom is -1.00 e. The maximum atomic E-state index is 2.19. The van der Waals surface area contributed by atoms with Gasteiger partial charge in [0.05, 0.1) is 0 Å². The second kappa shape index (κ2) is 14.8. The van der Waals surface area contributed by atoms with E-state index in [0.717, 1.165) is 0 Å². The fourth-order valence-electron chi connectivity index (χ4n) is 1.20. The van der Waals surface area contributed by atoms with Crippen molar-refractivity contribution in [2.24, 2.45) is 0 Å². The zero-order valence-corrected chi connectivity index (χ0v) is 14.4. The first-order valence-electron chi connectivity index (χ1n) is 3.23. The van der Waals surface area contributed by atoms with Crippen LogP contribution in [0.5, 0.6) is 0 Å². The van der Waals surface area contributed by atoms with E-state index in [-0.39, 0.29) is 88.3 Å². The van der Waals surface area contributed by atoms with Gasteiger partial charge in [-0.15, -0.1) is 0 Å². The van der Waals surface area contributed by atoms with Crippen LogP contribution in [0.1, 0.15) is 16.7 Å². The second-order valence-electron chi connectivity index (χ2n) is 2.67. The summed E-state index contributed by atoms with van der Waals surface area (Å²) in [4.78, 5) is 0. The van der Waals surface area contributed by atoms with Crippen LogP contribution in [0.15, 0.2) is 18.2 Å². The summed E-state index contributed by atoms with van der Waals surface area (Å²) in [6, 6.07) is 6.56. The Balaban J connectivity index is -0.0000000540. The SMILES string of the molecule is Cc1cc(C)cc(C)c1.[Br-].[Br-].[Cl-].[Li+].[Mg+2]. The molecule has 1 aromatic carbocycles. The Bertz CT molecular complexity index is 184. The number of hydrogen-bond acceptors (Lipinski definition) is 0. The van der Waals surface area contributed by atoms with E-state index in [9.17, 15) is 0 Å². The van der Waals surface area contributed by atoms with Gasteiger partial charge in [0.2, 0.25) is 0 Å². The summed E-state index contributed by atoms with van der Waals surface area (Å²) in [6.07, 6.45) is 0. The van der Waals surface area contributed by atoms with Crippen LogP contribution < -0.4 is 65.2 Å². The van der Waals surface area contributed by atoms with E-state index in [0.29, 0.717) is 0 Å². The van der Waals surface area contributed by atoms with Gasteiger partial charge in [-0.2, -0.15) is 0 Å². The predicted molar refractivity (Wildman–Crippen MR) is 46.4 cm³/mol. The second-order valence-corrected chi connectivity index (χ2v) is 2.67. The summed E-state index contributed by atoms with van der Waals surface area (Å²) >= 11 is 0. The third-order valence-corrected chi connectivity index (χ3v) is 1.37. The molecule has 72 valence electrons. The summed E-state index contributed by atoms with van der Waals surface area (Å²) in [7, 11) is 0. The summed E-state index contributed by atoms with van der Waals surface area (Å²) < 4.78 is 0. The Morgan fingerprint density at radius 1 is 0.714 bits per heavy atom. The topological polar surface area (TPSA) is 0 Å². The fraction of sp³-hybridized carbons (Fsp3) is 0.333. The normalized spacial score (nSPS) is 6.21. The average Bonchev–Trinajstić information content (AvgIpc) is 1.59. The van der Waals surface area contributed by atoms with E-state index in [1.807, 2.05) is 0 Å². The minimum absolute atomic E-state index is 0. The largest absolute Gasteiger partial charge is 2.00 e. The van der Waals surface area contributed by atoms with Gasteiger partial charge in [-0.25, -0.2) is 0 Å². The van der Waals surface area contributed by atoms with Crippen LogP contribution >= 0.6 is 0 Å². The van der Waals surface area contributed by atoms with Gasteiger partial charge < -0.3 is 46.4 Å². The molecular formula is C9H12Br2ClLiMg. The molecule has 14 heavy (non-hydrogen) atoms. The van der Waals surface area contributed by atoms with Crippen molar-refractivity contribution in [2.45, 2.75) is 20.8 Å². The molecule has 5 heteroatoms. The molecule has 0 aromatic heterocycles. The quantitative estimate of drug-likeness (QED) is 0.409.